The molecule has 0 saturated heterocycles. The first-order chi connectivity index (χ1) is 6.70. The molecule has 0 aliphatic rings. The lowest BCUT2D eigenvalue weighted by atomic mass is 10.2. The van der Waals surface area contributed by atoms with E-state index in [0.29, 0.717) is 4.77 Å². The van der Waals surface area contributed by atoms with E-state index in [1.54, 1.807) is 12.5 Å². The van der Waals surface area contributed by atoms with Gasteiger partial charge in [-0.05, 0) is 37.7 Å². The molecule has 0 unspecified atom stereocenters. The molecule has 0 bridgehead atoms. The summed E-state index contributed by atoms with van der Waals surface area (Å²) in [4.78, 5) is 4.23. The Morgan fingerprint density at radius 2 is 2.21 bits per heavy atom. The summed E-state index contributed by atoms with van der Waals surface area (Å²) in [6.45, 7) is 3.98. The van der Waals surface area contributed by atoms with E-state index in [1.807, 2.05) is 24.5 Å². The molecule has 5 heteroatoms. The van der Waals surface area contributed by atoms with Crippen molar-refractivity contribution in [3.8, 4) is 5.69 Å². The third-order valence-corrected chi connectivity index (χ3v) is 2.39. The molecule has 0 fully saturated rings. The van der Waals surface area contributed by atoms with Crippen molar-refractivity contribution < 1.29 is 0 Å². The first kappa shape index (κ1) is 9.08. The van der Waals surface area contributed by atoms with Crippen LogP contribution in [0.15, 0.2) is 18.6 Å². The second-order valence-corrected chi connectivity index (χ2v) is 3.48. The van der Waals surface area contributed by atoms with Crippen molar-refractivity contribution in [3.05, 3.63) is 34.6 Å². The van der Waals surface area contributed by atoms with Gasteiger partial charge in [-0.2, -0.15) is 5.10 Å². The molecule has 14 heavy (non-hydrogen) atoms. The van der Waals surface area contributed by atoms with Gasteiger partial charge in [-0.25, -0.2) is 0 Å². The van der Waals surface area contributed by atoms with Gasteiger partial charge in [0.2, 0.25) is 0 Å². The molecule has 2 rings (SSSR count). The van der Waals surface area contributed by atoms with Crippen LogP contribution in [0.3, 0.4) is 0 Å². The van der Waals surface area contributed by atoms with Crippen molar-refractivity contribution in [2.75, 3.05) is 0 Å². The fraction of sp³-hybridized carbons (Fsp3) is 0.222. The number of hydrogen-bond donors (Lipinski definition) is 1. The molecule has 0 aliphatic carbocycles. The summed E-state index contributed by atoms with van der Waals surface area (Å²) < 4.78 is 2.41. The van der Waals surface area contributed by atoms with Crippen LogP contribution >= 0.6 is 12.2 Å². The highest BCUT2D eigenvalue weighted by molar-refractivity contribution is 7.71. The zero-order valence-corrected chi connectivity index (χ0v) is 8.80. The van der Waals surface area contributed by atoms with Crippen LogP contribution in [0.2, 0.25) is 0 Å². The van der Waals surface area contributed by atoms with E-state index in [2.05, 4.69) is 15.2 Å². The summed E-state index contributed by atoms with van der Waals surface area (Å²) in [6, 6.07) is 1.96. The van der Waals surface area contributed by atoms with Crippen molar-refractivity contribution in [2.45, 2.75) is 13.8 Å². The van der Waals surface area contributed by atoms with E-state index < -0.39 is 0 Å². The molecule has 0 radical (unpaired) electrons. The quantitative estimate of drug-likeness (QED) is 0.725. The maximum absolute atomic E-state index is 5.10. The number of nitrogens with zero attached hydrogens (tertiary/aromatic N) is 3. The number of hydrogen-bond acceptors (Lipinski definition) is 3. The van der Waals surface area contributed by atoms with Gasteiger partial charge >= 0.3 is 0 Å². The number of pyridine rings is 1. The van der Waals surface area contributed by atoms with E-state index in [9.17, 15) is 0 Å². The standard InChI is InChI=1S/C9H10N4S/c1-6-3-4-10-7(2)8(6)13-5-11-12-9(13)14/h3-5H,1-2H3,(H,12,14). The fourth-order valence-corrected chi connectivity index (χ4v) is 1.65. The van der Waals surface area contributed by atoms with Crippen molar-refractivity contribution in [3.63, 3.8) is 0 Å². The van der Waals surface area contributed by atoms with E-state index >= 15 is 0 Å². The summed E-state index contributed by atoms with van der Waals surface area (Å²) in [5, 5.41) is 6.61. The molecule has 2 heterocycles. The highest BCUT2D eigenvalue weighted by Crippen LogP contribution is 2.15. The van der Waals surface area contributed by atoms with E-state index in [0.717, 1.165) is 16.9 Å². The highest BCUT2D eigenvalue weighted by Gasteiger charge is 2.06. The monoisotopic (exact) mass is 206 g/mol. The normalized spacial score (nSPS) is 10.4. The van der Waals surface area contributed by atoms with Gasteiger partial charge in [0, 0.05) is 6.20 Å². The molecule has 0 aliphatic heterocycles. The Balaban J connectivity index is 2.74. The average Bonchev–Trinajstić information content (AvgIpc) is 2.52. The topological polar surface area (TPSA) is 46.5 Å². The van der Waals surface area contributed by atoms with Crippen LogP contribution in [0.25, 0.3) is 5.69 Å². The molecule has 4 nitrogen and oxygen atoms in total. The van der Waals surface area contributed by atoms with Crippen LogP contribution in [-0.2, 0) is 0 Å². The minimum absolute atomic E-state index is 0.587. The van der Waals surface area contributed by atoms with Crippen molar-refractivity contribution in [2.24, 2.45) is 0 Å². The van der Waals surface area contributed by atoms with E-state index in [-0.39, 0.29) is 0 Å². The Bertz CT molecular complexity index is 491. The zero-order valence-electron chi connectivity index (χ0n) is 7.98. The molecule has 0 spiro atoms. The molecule has 0 amide bonds. The Kier molecular flexibility index (Phi) is 2.17. The second kappa shape index (κ2) is 3.34. The van der Waals surface area contributed by atoms with Crippen molar-refractivity contribution in [1.82, 2.24) is 19.7 Å². The number of aromatic amines is 1. The number of nitrogens with one attached hydrogen (secondary N) is 1. The Morgan fingerprint density at radius 1 is 1.43 bits per heavy atom. The van der Waals surface area contributed by atoms with Crippen molar-refractivity contribution in [1.29, 1.82) is 0 Å². The lowest BCUT2D eigenvalue weighted by molar-refractivity contribution is 0.973. The smallest absolute Gasteiger partial charge is 0.199 e. The second-order valence-electron chi connectivity index (χ2n) is 3.09. The van der Waals surface area contributed by atoms with Gasteiger partial charge in [0.05, 0.1) is 11.4 Å². The molecule has 0 aromatic carbocycles. The van der Waals surface area contributed by atoms with Gasteiger partial charge in [-0.3, -0.25) is 14.6 Å². The summed E-state index contributed by atoms with van der Waals surface area (Å²) in [6.07, 6.45) is 3.46. The molecule has 0 saturated carbocycles. The Labute approximate surface area is 86.6 Å². The van der Waals surface area contributed by atoms with Crippen LogP contribution in [-0.4, -0.2) is 19.7 Å². The van der Waals surface area contributed by atoms with Gasteiger partial charge in [-0.15, -0.1) is 0 Å². The lowest BCUT2D eigenvalue weighted by Crippen LogP contribution is -2.00. The summed E-state index contributed by atoms with van der Waals surface area (Å²) in [5.41, 5.74) is 3.09. The summed E-state index contributed by atoms with van der Waals surface area (Å²) in [7, 11) is 0. The Hall–Kier alpha value is -1.49. The summed E-state index contributed by atoms with van der Waals surface area (Å²) in [5.74, 6) is 0. The molecule has 2 aromatic rings. The summed E-state index contributed by atoms with van der Waals surface area (Å²) >= 11 is 5.10. The van der Waals surface area contributed by atoms with Crippen LogP contribution in [0.5, 0.6) is 0 Å². The number of H-pyrrole nitrogens is 1. The maximum atomic E-state index is 5.10. The molecule has 0 atom stereocenters. The fourth-order valence-electron chi connectivity index (χ4n) is 1.46. The zero-order chi connectivity index (χ0) is 10.1. The average molecular weight is 206 g/mol. The lowest BCUT2D eigenvalue weighted by Gasteiger charge is -2.07. The van der Waals surface area contributed by atoms with E-state index in [1.165, 1.54) is 0 Å². The predicted molar refractivity (Wildman–Crippen MR) is 56.0 cm³/mol. The largest absolute Gasteiger partial charge is 0.273 e. The maximum Gasteiger partial charge on any atom is 0.199 e. The Morgan fingerprint density at radius 3 is 2.79 bits per heavy atom. The van der Waals surface area contributed by atoms with Gasteiger partial charge in [0.15, 0.2) is 4.77 Å². The van der Waals surface area contributed by atoms with Crippen LogP contribution < -0.4 is 0 Å². The first-order valence-corrected chi connectivity index (χ1v) is 4.65. The van der Waals surface area contributed by atoms with Gasteiger partial charge in [0.25, 0.3) is 0 Å². The third-order valence-electron chi connectivity index (χ3n) is 2.10. The van der Waals surface area contributed by atoms with Crippen molar-refractivity contribution >= 4 is 12.2 Å². The minimum atomic E-state index is 0.587. The number of aryl methyl sites for hydroxylation is 2. The van der Waals surface area contributed by atoms with Gasteiger partial charge < -0.3 is 0 Å². The first-order valence-electron chi connectivity index (χ1n) is 4.25. The highest BCUT2D eigenvalue weighted by atomic mass is 32.1. The number of aromatic nitrogens is 4. The van der Waals surface area contributed by atoms with Gasteiger partial charge in [-0.1, -0.05) is 0 Å². The molecule has 2 aromatic heterocycles. The predicted octanol–water partition coefficient (Wildman–Crippen LogP) is 1.94. The molecule has 1 N–H and O–H groups in total. The van der Waals surface area contributed by atoms with E-state index in [4.69, 9.17) is 12.2 Å². The van der Waals surface area contributed by atoms with Crippen LogP contribution in [0.1, 0.15) is 11.3 Å². The minimum Gasteiger partial charge on any atom is -0.273 e. The molecular formula is C9H10N4S. The molecule has 72 valence electrons. The third kappa shape index (κ3) is 1.35. The van der Waals surface area contributed by atoms with Crippen LogP contribution in [0, 0.1) is 18.6 Å². The molecular weight excluding hydrogens is 196 g/mol. The van der Waals surface area contributed by atoms with Gasteiger partial charge in [0.1, 0.15) is 6.33 Å². The number of rotatable bonds is 1. The SMILES string of the molecule is Cc1ccnc(C)c1-n1cn[nH]c1=S. The van der Waals surface area contributed by atoms with Crippen LogP contribution in [0.4, 0.5) is 0 Å².